The van der Waals surface area contributed by atoms with Crippen LogP contribution in [-0.4, -0.2) is 28.9 Å². The van der Waals surface area contributed by atoms with Crippen LogP contribution < -0.4 is 0 Å². The van der Waals surface area contributed by atoms with E-state index in [4.69, 9.17) is 4.98 Å². The standard InChI is InChI=1S/C20H20N2OS/c1-14-6-4-10-22(13-14)20(23)16-12-18(19-9-5-11-24-19)21-17-8-3-2-7-15(16)17/h2-3,5,7-9,11-12,14H,4,6,10,13H2,1H3/t14-/m1/s1. The molecule has 0 saturated carbocycles. The molecule has 1 fully saturated rings. The van der Waals surface area contributed by atoms with E-state index in [2.05, 4.69) is 13.0 Å². The van der Waals surface area contributed by atoms with Crippen LogP contribution in [0.3, 0.4) is 0 Å². The third-order valence-corrected chi connectivity index (χ3v) is 5.56. The minimum atomic E-state index is 0.137. The minimum absolute atomic E-state index is 0.137. The Morgan fingerprint density at radius 3 is 2.92 bits per heavy atom. The molecule has 4 rings (SSSR count). The molecule has 0 aliphatic carbocycles. The van der Waals surface area contributed by atoms with Gasteiger partial charge in [-0.3, -0.25) is 4.79 Å². The second kappa shape index (κ2) is 6.36. The lowest BCUT2D eigenvalue weighted by atomic mass is 9.98. The van der Waals surface area contributed by atoms with Gasteiger partial charge in [0.05, 0.1) is 21.7 Å². The number of nitrogens with zero attached hydrogens (tertiary/aromatic N) is 2. The fraction of sp³-hybridized carbons (Fsp3) is 0.300. The summed E-state index contributed by atoms with van der Waals surface area (Å²) in [5.74, 6) is 0.713. The molecule has 1 atom stereocenters. The van der Waals surface area contributed by atoms with Gasteiger partial charge < -0.3 is 4.90 Å². The number of carbonyl (C=O) groups is 1. The van der Waals surface area contributed by atoms with E-state index in [-0.39, 0.29) is 5.91 Å². The minimum Gasteiger partial charge on any atom is -0.338 e. The zero-order chi connectivity index (χ0) is 16.5. The van der Waals surface area contributed by atoms with Gasteiger partial charge in [0, 0.05) is 18.5 Å². The second-order valence-corrected chi connectivity index (χ2v) is 7.50. The van der Waals surface area contributed by atoms with E-state index in [1.807, 2.05) is 46.7 Å². The number of benzene rings is 1. The molecule has 122 valence electrons. The van der Waals surface area contributed by atoms with Gasteiger partial charge in [-0.1, -0.05) is 31.2 Å². The predicted molar refractivity (Wildman–Crippen MR) is 99.4 cm³/mol. The fourth-order valence-electron chi connectivity index (χ4n) is 3.45. The molecule has 1 saturated heterocycles. The lowest BCUT2D eigenvalue weighted by Crippen LogP contribution is -2.39. The highest BCUT2D eigenvalue weighted by molar-refractivity contribution is 7.13. The first kappa shape index (κ1) is 15.3. The predicted octanol–water partition coefficient (Wildman–Crippen LogP) is 4.84. The lowest BCUT2D eigenvalue weighted by Gasteiger charge is -2.31. The van der Waals surface area contributed by atoms with Crippen LogP contribution in [0.2, 0.25) is 0 Å². The largest absolute Gasteiger partial charge is 0.338 e. The van der Waals surface area contributed by atoms with Crippen molar-refractivity contribution >= 4 is 28.1 Å². The molecular formula is C20H20N2OS. The highest BCUT2D eigenvalue weighted by Gasteiger charge is 2.24. The zero-order valence-electron chi connectivity index (χ0n) is 13.7. The summed E-state index contributed by atoms with van der Waals surface area (Å²) in [7, 11) is 0. The average molecular weight is 336 g/mol. The smallest absolute Gasteiger partial charge is 0.254 e. The Bertz CT molecular complexity index is 872. The fourth-order valence-corrected chi connectivity index (χ4v) is 4.13. The highest BCUT2D eigenvalue weighted by atomic mass is 32.1. The normalized spacial score (nSPS) is 18.0. The maximum Gasteiger partial charge on any atom is 0.254 e. The van der Waals surface area contributed by atoms with Crippen LogP contribution in [0.4, 0.5) is 0 Å². The van der Waals surface area contributed by atoms with Crippen LogP contribution in [0.1, 0.15) is 30.1 Å². The summed E-state index contributed by atoms with van der Waals surface area (Å²) in [6, 6.07) is 14.0. The van der Waals surface area contributed by atoms with Crippen LogP contribution in [-0.2, 0) is 0 Å². The second-order valence-electron chi connectivity index (χ2n) is 6.55. The van der Waals surface area contributed by atoms with Gasteiger partial charge in [0.2, 0.25) is 0 Å². The van der Waals surface area contributed by atoms with Crippen molar-refractivity contribution < 1.29 is 4.79 Å². The Kier molecular flexibility index (Phi) is 4.07. The van der Waals surface area contributed by atoms with E-state index in [0.29, 0.717) is 5.92 Å². The van der Waals surface area contributed by atoms with Crippen molar-refractivity contribution in [1.82, 2.24) is 9.88 Å². The number of amides is 1. The van der Waals surface area contributed by atoms with E-state index in [1.54, 1.807) is 11.3 Å². The quantitative estimate of drug-likeness (QED) is 0.671. The van der Waals surface area contributed by atoms with E-state index in [1.165, 1.54) is 6.42 Å². The molecule has 1 aromatic carbocycles. The number of carbonyl (C=O) groups excluding carboxylic acids is 1. The molecule has 0 N–H and O–H groups in total. The Labute approximate surface area is 146 Å². The zero-order valence-corrected chi connectivity index (χ0v) is 14.6. The summed E-state index contributed by atoms with van der Waals surface area (Å²) in [5.41, 5.74) is 2.55. The molecule has 24 heavy (non-hydrogen) atoms. The van der Waals surface area contributed by atoms with Crippen molar-refractivity contribution in [3.63, 3.8) is 0 Å². The number of likely N-dealkylation sites (tertiary alicyclic amines) is 1. The summed E-state index contributed by atoms with van der Waals surface area (Å²) in [6.45, 7) is 3.93. The van der Waals surface area contributed by atoms with E-state index in [0.717, 1.165) is 46.5 Å². The summed E-state index contributed by atoms with van der Waals surface area (Å²) in [4.78, 5) is 21.1. The van der Waals surface area contributed by atoms with E-state index < -0.39 is 0 Å². The number of rotatable bonds is 2. The van der Waals surface area contributed by atoms with Gasteiger partial charge in [-0.05, 0) is 42.3 Å². The molecule has 3 nitrogen and oxygen atoms in total. The van der Waals surface area contributed by atoms with Crippen LogP contribution >= 0.6 is 11.3 Å². The first-order valence-electron chi connectivity index (χ1n) is 8.45. The van der Waals surface area contributed by atoms with Crippen molar-refractivity contribution in [2.75, 3.05) is 13.1 Å². The Morgan fingerprint density at radius 1 is 1.25 bits per heavy atom. The first-order chi connectivity index (χ1) is 11.7. The molecule has 2 aromatic heterocycles. The molecule has 1 amide bonds. The third-order valence-electron chi connectivity index (χ3n) is 4.66. The average Bonchev–Trinajstić information content (AvgIpc) is 3.15. The summed E-state index contributed by atoms with van der Waals surface area (Å²) >= 11 is 1.65. The molecule has 0 unspecified atom stereocenters. The number of hydrogen-bond acceptors (Lipinski definition) is 3. The molecule has 3 heterocycles. The lowest BCUT2D eigenvalue weighted by molar-refractivity contribution is 0.0685. The van der Waals surface area contributed by atoms with Gasteiger partial charge in [-0.25, -0.2) is 4.98 Å². The van der Waals surface area contributed by atoms with Crippen LogP contribution in [0.15, 0.2) is 47.8 Å². The molecule has 3 aromatic rings. The Balaban J connectivity index is 1.82. The number of hydrogen-bond donors (Lipinski definition) is 0. The van der Waals surface area contributed by atoms with Gasteiger partial charge in [0.25, 0.3) is 5.91 Å². The van der Waals surface area contributed by atoms with Gasteiger partial charge >= 0.3 is 0 Å². The SMILES string of the molecule is C[C@@H]1CCCN(C(=O)c2cc(-c3cccs3)nc3ccccc23)C1. The molecular weight excluding hydrogens is 316 g/mol. The van der Waals surface area contributed by atoms with Gasteiger partial charge in [-0.15, -0.1) is 11.3 Å². The number of aromatic nitrogens is 1. The molecule has 0 bridgehead atoms. The third kappa shape index (κ3) is 2.82. The van der Waals surface area contributed by atoms with Crippen molar-refractivity contribution in [3.05, 3.63) is 53.4 Å². The van der Waals surface area contributed by atoms with Crippen molar-refractivity contribution in [1.29, 1.82) is 0 Å². The molecule has 0 spiro atoms. The van der Waals surface area contributed by atoms with Gasteiger partial charge in [0.1, 0.15) is 0 Å². The number of thiophene rings is 1. The highest BCUT2D eigenvalue weighted by Crippen LogP contribution is 2.29. The number of fused-ring (bicyclic) bond motifs is 1. The van der Waals surface area contributed by atoms with Crippen molar-refractivity contribution in [2.45, 2.75) is 19.8 Å². The number of pyridine rings is 1. The molecule has 0 radical (unpaired) electrons. The molecule has 4 heteroatoms. The monoisotopic (exact) mass is 336 g/mol. The topological polar surface area (TPSA) is 33.2 Å². The number of para-hydroxylation sites is 1. The summed E-state index contributed by atoms with van der Waals surface area (Å²) in [6.07, 6.45) is 2.30. The molecule has 1 aliphatic rings. The van der Waals surface area contributed by atoms with E-state index in [9.17, 15) is 4.79 Å². The van der Waals surface area contributed by atoms with E-state index >= 15 is 0 Å². The van der Waals surface area contributed by atoms with Crippen LogP contribution in [0.5, 0.6) is 0 Å². The Hall–Kier alpha value is -2.20. The van der Waals surface area contributed by atoms with Crippen LogP contribution in [0, 0.1) is 5.92 Å². The summed E-state index contributed by atoms with van der Waals surface area (Å²) < 4.78 is 0. The van der Waals surface area contributed by atoms with Crippen molar-refractivity contribution in [3.8, 4) is 10.6 Å². The maximum atomic E-state index is 13.2. The van der Waals surface area contributed by atoms with Gasteiger partial charge in [-0.2, -0.15) is 0 Å². The summed E-state index contributed by atoms with van der Waals surface area (Å²) in [5, 5.41) is 2.99. The van der Waals surface area contributed by atoms with Crippen molar-refractivity contribution in [2.24, 2.45) is 5.92 Å². The number of piperidine rings is 1. The van der Waals surface area contributed by atoms with Gasteiger partial charge in [0.15, 0.2) is 0 Å². The first-order valence-corrected chi connectivity index (χ1v) is 9.33. The molecule has 1 aliphatic heterocycles. The maximum absolute atomic E-state index is 13.2. The van der Waals surface area contributed by atoms with Crippen LogP contribution in [0.25, 0.3) is 21.5 Å². The Morgan fingerprint density at radius 2 is 2.12 bits per heavy atom.